The molecule has 2 heterocycles. The smallest absolute Gasteiger partial charge is 0.222 e. The van der Waals surface area contributed by atoms with Gasteiger partial charge in [-0.2, -0.15) is 0 Å². The number of methoxy groups -OCH3 is 1. The molecule has 2 atom stereocenters. The lowest BCUT2D eigenvalue weighted by Gasteiger charge is -2.36. The second kappa shape index (κ2) is 8.90. The summed E-state index contributed by atoms with van der Waals surface area (Å²) < 4.78 is 19.5. The average Bonchev–Trinajstić information content (AvgIpc) is 3.08. The third-order valence-electron chi connectivity index (χ3n) is 6.00. The predicted molar refractivity (Wildman–Crippen MR) is 102 cm³/mol. The molecule has 0 radical (unpaired) electrons. The largest absolute Gasteiger partial charge is 0.497 e. The molecule has 2 fully saturated rings. The van der Waals surface area contributed by atoms with Crippen LogP contribution in [0, 0.1) is 5.82 Å². The molecule has 2 aliphatic rings. The number of likely N-dealkylation sites (tertiary alicyclic amines) is 1. The van der Waals surface area contributed by atoms with Gasteiger partial charge in [-0.05, 0) is 50.2 Å². The minimum Gasteiger partial charge on any atom is -0.497 e. The van der Waals surface area contributed by atoms with Crippen LogP contribution in [0.3, 0.4) is 0 Å². The summed E-state index contributed by atoms with van der Waals surface area (Å²) in [5.41, 5.74) is -0.117. The first-order valence-electron chi connectivity index (χ1n) is 10.00. The minimum atomic E-state index is -0.618. The molecule has 2 aliphatic heterocycles. The van der Waals surface area contributed by atoms with Gasteiger partial charge in [-0.15, -0.1) is 0 Å². The van der Waals surface area contributed by atoms with Crippen molar-refractivity contribution in [1.29, 1.82) is 0 Å². The fourth-order valence-corrected chi connectivity index (χ4v) is 4.35. The van der Waals surface area contributed by atoms with Crippen molar-refractivity contribution in [2.75, 3.05) is 20.3 Å². The number of hydrogen-bond donors (Lipinski definition) is 2. The Morgan fingerprint density at radius 2 is 2.25 bits per heavy atom. The first-order valence-corrected chi connectivity index (χ1v) is 10.00. The van der Waals surface area contributed by atoms with E-state index in [1.807, 2.05) is 0 Å². The second-order valence-corrected chi connectivity index (χ2v) is 7.88. The minimum absolute atomic E-state index is 0.00511. The first kappa shape index (κ1) is 20.6. The monoisotopic (exact) mass is 392 g/mol. The van der Waals surface area contributed by atoms with Gasteiger partial charge in [-0.3, -0.25) is 9.59 Å². The number of aliphatic hydroxyl groups is 1. The van der Waals surface area contributed by atoms with Gasteiger partial charge >= 0.3 is 0 Å². The number of carbonyl (C=O) groups is 2. The lowest BCUT2D eigenvalue weighted by atomic mass is 9.84. The topological polar surface area (TPSA) is 78.9 Å². The maximum atomic E-state index is 14.4. The van der Waals surface area contributed by atoms with Crippen LogP contribution in [-0.4, -0.2) is 53.7 Å². The highest BCUT2D eigenvalue weighted by molar-refractivity contribution is 5.80. The van der Waals surface area contributed by atoms with E-state index in [0.717, 1.165) is 19.3 Å². The van der Waals surface area contributed by atoms with Crippen molar-refractivity contribution >= 4 is 11.8 Å². The standard InChI is InChI=1S/C21H29FN2O4/c1-28-17-6-5-15(18(22)12-17)13-21(9-7-19(26)23-21)10-8-20(27)24-11-3-2-4-16(24)14-25/h5-6,12,16,25H,2-4,7-11,13-14H2,1H3,(H,23,26)/t16-,21+/m1/s1. The van der Waals surface area contributed by atoms with E-state index in [0.29, 0.717) is 43.5 Å². The second-order valence-electron chi connectivity index (χ2n) is 7.88. The van der Waals surface area contributed by atoms with E-state index in [9.17, 15) is 19.1 Å². The number of benzene rings is 1. The van der Waals surface area contributed by atoms with E-state index in [2.05, 4.69) is 5.32 Å². The van der Waals surface area contributed by atoms with Crippen molar-refractivity contribution in [3.63, 3.8) is 0 Å². The summed E-state index contributed by atoms with van der Waals surface area (Å²) in [6.45, 7) is 0.640. The molecule has 0 unspecified atom stereocenters. The number of carbonyl (C=O) groups excluding carboxylic acids is 2. The van der Waals surface area contributed by atoms with Gasteiger partial charge in [-0.1, -0.05) is 6.07 Å². The number of ether oxygens (including phenoxy) is 1. The number of amides is 2. The van der Waals surface area contributed by atoms with Crippen molar-refractivity contribution < 1.29 is 23.8 Å². The highest BCUT2D eigenvalue weighted by atomic mass is 19.1. The highest BCUT2D eigenvalue weighted by Crippen LogP contribution is 2.32. The number of hydrogen-bond acceptors (Lipinski definition) is 4. The van der Waals surface area contributed by atoms with Crippen LogP contribution >= 0.6 is 0 Å². The molecule has 28 heavy (non-hydrogen) atoms. The van der Waals surface area contributed by atoms with Gasteiger partial charge in [0, 0.05) is 31.0 Å². The lowest BCUT2D eigenvalue weighted by molar-refractivity contribution is -0.136. The predicted octanol–water partition coefficient (Wildman–Crippen LogP) is 2.18. The van der Waals surface area contributed by atoms with Gasteiger partial charge in [0.1, 0.15) is 11.6 Å². The molecule has 0 saturated carbocycles. The van der Waals surface area contributed by atoms with Crippen LogP contribution in [0.1, 0.15) is 50.5 Å². The summed E-state index contributed by atoms with van der Waals surface area (Å²) >= 11 is 0. The van der Waals surface area contributed by atoms with Crippen LogP contribution in [0.25, 0.3) is 0 Å². The Morgan fingerprint density at radius 1 is 1.43 bits per heavy atom. The summed E-state index contributed by atoms with van der Waals surface area (Å²) in [6, 6.07) is 4.60. The quantitative estimate of drug-likeness (QED) is 0.746. The maximum absolute atomic E-state index is 14.4. The van der Waals surface area contributed by atoms with Crippen LogP contribution in [0.4, 0.5) is 4.39 Å². The molecule has 154 valence electrons. The maximum Gasteiger partial charge on any atom is 0.222 e. The van der Waals surface area contributed by atoms with Gasteiger partial charge < -0.3 is 20.1 Å². The van der Waals surface area contributed by atoms with Crippen LogP contribution in [0.2, 0.25) is 0 Å². The summed E-state index contributed by atoms with van der Waals surface area (Å²) in [7, 11) is 1.49. The number of nitrogens with one attached hydrogen (secondary N) is 1. The molecule has 2 N–H and O–H groups in total. The molecule has 6 nitrogen and oxygen atoms in total. The molecule has 0 aliphatic carbocycles. The van der Waals surface area contributed by atoms with E-state index in [1.165, 1.54) is 13.2 Å². The molecule has 0 bridgehead atoms. The third-order valence-corrected chi connectivity index (χ3v) is 6.00. The van der Waals surface area contributed by atoms with Crippen LogP contribution in [-0.2, 0) is 16.0 Å². The Bertz CT molecular complexity index is 726. The lowest BCUT2D eigenvalue weighted by Crippen LogP contribution is -2.48. The Balaban J connectivity index is 1.70. The first-order chi connectivity index (χ1) is 13.5. The molecule has 0 spiro atoms. The van der Waals surface area contributed by atoms with Crippen molar-refractivity contribution in [3.8, 4) is 5.75 Å². The molecule has 7 heteroatoms. The van der Waals surface area contributed by atoms with Crippen molar-refractivity contribution in [1.82, 2.24) is 10.2 Å². The van der Waals surface area contributed by atoms with Crippen LogP contribution in [0.5, 0.6) is 5.75 Å². The summed E-state index contributed by atoms with van der Waals surface area (Å²) in [4.78, 5) is 26.5. The molecule has 1 aromatic carbocycles. The number of nitrogens with zero attached hydrogens (tertiary/aromatic N) is 1. The zero-order valence-electron chi connectivity index (χ0n) is 16.4. The van der Waals surface area contributed by atoms with Crippen LogP contribution in [0.15, 0.2) is 18.2 Å². The van der Waals surface area contributed by atoms with Gasteiger partial charge in [0.15, 0.2) is 0 Å². The molecule has 2 amide bonds. The molecule has 0 aromatic heterocycles. The van der Waals surface area contributed by atoms with Gasteiger partial charge in [-0.25, -0.2) is 4.39 Å². The Morgan fingerprint density at radius 3 is 2.89 bits per heavy atom. The third kappa shape index (κ3) is 4.63. The Hall–Kier alpha value is -2.15. The molecule has 3 rings (SSSR count). The van der Waals surface area contributed by atoms with Gasteiger partial charge in [0.2, 0.25) is 11.8 Å². The van der Waals surface area contributed by atoms with Gasteiger partial charge in [0.25, 0.3) is 0 Å². The van der Waals surface area contributed by atoms with Crippen molar-refractivity contribution in [2.45, 2.75) is 62.9 Å². The molecule has 1 aromatic rings. The molecular formula is C21H29FN2O4. The summed E-state index contributed by atoms with van der Waals surface area (Å²) in [5.74, 6) is 0.00528. The Labute approximate surface area is 165 Å². The Kier molecular flexibility index (Phi) is 6.54. The summed E-state index contributed by atoms with van der Waals surface area (Å²) in [5, 5.41) is 12.5. The van der Waals surface area contributed by atoms with Gasteiger partial charge in [0.05, 0.1) is 19.8 Å². The highest BCUT2D eigenvalue weighted by Gasteiger charge is 2.39. The van der Waals surface area contributed by atoms with Crippen LogP contribution < -0.4 is 10.1 Å². The number of halogens is 1. The van der Waals surface area contributed by atoms with E-state index in [-0.39, 0.29) is 36.7 Å². The molecule has 2 saturated heterocycles. The van der Waals surface area contributed by atoms with E-state index < -0.39 is 5.54 Å². The normalized spacial score (nSPS) is 24.9. The SMILES string of the molecule is COc1ccc(C[C@@]2(CCC(=O)N3CCCC[C@@H]3CO)CCC(=O)N2)c(F)c1. The fourth-order valence-electron chi connectivity index (χ4n) is 4.35. The average molecular weight is 392 g/mol. The fraction of sp³-hybridized carbons (Fsp3) is 0.619. The number of aliphatic hydroxyl groups excluding tert-OH is 1. The summed E-state index contributed by atoms with van der Waals surface area (Å²) in [6.07, 6.45) is 4.81. The zero-order valence-corrected chi connectivity index (χ0v) is 16.4. The number of piperidine rings is 1. The van der Waals surface area contributed by atoms with E-state index in [1.54, 1.807) is 17.0 Å². The molecular weight excluding hydrogens is 363 g/mol. The van der Waals surface area contributed by atoms with Crippen molar-refractivity contribution in [3.05, 3.63) is 29.6 Å². The van der Waals surface area contributed by atoms with E-state index in [4.69, 9.17) is 4.74 Å². The zero-order chi connectivity index (χ0) is 20.1. The van der Waals surface area contributed by atoms with Crippen molar-refractivity contribution in [2.24, 2.45) is 0 Å². The van der Waals surface area contributed by atoms with E-state index >= 15 is 0 Å². The number of rotatable bonds is 7.